The first-order chi connectivity index (χ1) is 12.3. The van der Waals surface area contributed by atoms with E-state index in [4.69, 9.17) is 5.11 Å². The van der Waals surface area contributed by atoms with Crippen LogP contribution >= 0.6 is 11.8 Å². The van der Waals surface area contributed by atoms with Crippen LogP contribution in [-0.2, 0) is 6.18 Å². The molecule has 0 bridgehead atoms. The molecular formula is C13H12F4N4O4S. The number of thioether (sulfide) groups is 1. The summed E-state index contributed by atoms with van der Waals surface area (Å²) in [4.78, 5) is 3.74. The number of halogens is 4. The van der Waals surface area contributed by atoms with Gasteiger partial charge in [0.1, 0.15) is 5.82 Å². The molecule has 1 atom stereocenters. The van der Waals surface area contributed by atoms with Gasteiger partial charge in [0.2, 0.25) is 0 Å². The lowest BCUT2D eigenvalue weighted by Crippen LogP contribution is -2.22. The van der Waals surface area contributed by atoms with Crippen molar-refractivity contribution in [2.45, 2.75) is 17.3 Å². The molecule has 4 N–H and O–H groups in total. The molecule has 2 rings (SSSR count). The number of alkyl halides is 3. The van der Waals surface area contributed by atoms with Gasteiger partial charge in [-0.05, 0) is 28.5 Å². The number of hydroxylamine groups is 1. The average Bonchev–Trinajstić information content (AvgIpc) is 3.06. The zero-order valence-corrected chi connectivity index (χ0v) is 13.6. The molecule has 1 unspecified atom stereocenters. The van der Waals surface area contributed by atoms with Crippen LogP contribution in [0.1, 0.15) is 11.3 Å². The number of hydrogen-bond donors (Lipinski definition) is 4. The van der Waals surface area contributed by atoms with Gasteiger partial charge in [0.15, 0.2) is 16.6 Å². The van der Waals surface area contributed by atoms with E-state index in [9.17, 15) is 27.9 Å². The molecule has 13 heteroatoms. The highest BCUT2D eigenvalue weighted by Crippen LogP contribution is 2.34. The molecule has 1 heterocycles. The van der Waals surface area contributed by atoms with E-state index in [-0.39, 0.29) is 22.2 Å². The summed E-state index contributed by atoms with van der Waals surface area (Å²) in [6, 6.07) is 2.02. The molecule has 0 saturated heterocycles. The summed E-state index contributed by atoms with van der Waals surface area (Å²) >= 11 is 0.901. The van der Waals surface area contributed by atoms with Crippen molar-refractivity contribution in [3.63, 3.8) is 0 Å². The van der Waals surface area contributed by atoms with Crippen LogP contribution in [0.15, 0.2) is 32.8 Å². The lowest BCUT2D eigenvalue weighted by Gasteiger charge is -2.09. The highest BCUT2D eigenvalue weighted by Gasteiger charge is 2.34. The van der Waals surface area contributed by atoms with Gasteiger partial charge in [0.25, 0.3) is 0 Å². The number of hydrogen-bond acceptors (Lipinski definition) is 8. The fourth-order valence-corrected chi connectivity index (χ4v) is 2.52. The van der Waals surface area contributed by atoms with Gasteiger partial charge in [0.05, 0.1) is 24.0 Å². The predicted octanol–water partition coefficient (Wildman–Crippen LogP) is 1.73. The van der Waals surface area contributed by atoms with E-state index in [1.807, 2.05) is 0 Å². The van der Waals surface area contributed by atoms with Crippen molar-refractivity contribution in [3.8, 4) is 0 Å². The highest BCUT2D eigenvalue weighted by atomic mass is 32.2. The van der Waals surface area contributed by atoms with Crippen LogP contribution in [0.5, 0.6) is 0 Å². The summed E-state index contributed by atoms with van der Waals surface area (Å²) in [6.07, 6.45) is -5.97. The van der Waals surface area contributed by atoms with E-state index in [2.05, 4.69) is 19.9 Å². The normalized spacial score (nSPS) is 13.7. The maximum absolute atomic E-state index is 13.3. The van der Waals surface area contributed by atoms with E-state index in [0.717, 1.165) is 17.8 Å². The molecule has 1 aromatic carbocycles. The van der Waals surface area contributed by atoms with Gasteiger partial charge in [-0.3, -0.25) is 10.7 Å². The van der Waals surface area contributed by atoms with Crippen molar-refractivity contribution in [3.05, 3.63) is 35.3 Å². The number of aromatic nitrogens is 2. The van der Waals surface area contributed by atoms with Gasteiger partial charge < -0.3 is 10.2 Å². The second-order valence-electron chi connectivity index (χ2n) is 4.80. The fraction of sp³-hybridized carbons (Fsp3) is 0.308. The fourth-order valence-electron chi connectivity index (χ4n) is 1.71. The second kappa shape index (κ2) is 8.44. The van der Waals surface area contributed by atoms with Crippen LogP contribution in [0.3, 0.4) is 0 Å². The van der Waals surface area contributed by atoms with Crippen molar-refractivity contribution in [2.75, 3.05) is 12.4 Å². The van der Waals surface area contributed by atoms with E-state index in [0.29, 0.717) is 12.1 Å². The largest absolute Gasteiger partial charge is 0.419 e. The Morgan fingerprint density at radius 2 is 2.08 bits per heavy atom. The number of aliphatic hydroxyl groups excluding tert-OH is 2. The van der Waals surface area contributed by atoms with Crippen molar-refractivity contribution >= 4 is 23.3 Å². The molecule has 0 saturated carbocycles. The van der Waals surface area contributed by atoms with Crippen molar-refractivity contribution < 1.29 is 37.6 Å². The summed E-state index contributed by atoms with van der Waals surface area (Å²) in [5.74, 6) is -1.87. The first-order valence-corrected chi connectivity index (χ1v) is 7.85. The minimum atomic E-state index is -4.92. The van der Waals surface area contributed by atoms with Crippen LogP contribution in [0, 0.1) is 5.82 Å². The Hall–Kier alpha value is -2.22. The minimum absolute atomic E-state index is 0.00515. The lowest BCUT2D eigenvalue weighted by molar-refractivity contribution is -0.139. The maximum Gasteiger partial charge on any atom is 0.419 e. The van der Waals surface area contributed by atoms with Crippen molar-refractivity contribution in [2.24, 2.45) is 4.99 Å². The molecule has 0 radical (unpaired) electrons. The van der Waals surface area contributed by atoms with E-state index >= 15 is 0 Å². The third-order valence-corrected chi connectivity index (χ3v) is 4.00. The van der Waals surface area contributed by atoms with Crippen molar-refractivity contribution in [1.29, 1.82) is 0 Å². The van der Waals surface area contributed by atoms with Crippen LogP contribution in [0.2, 0.25) is 0 Å². The van der Waals surface area contributed by atoms with Crippen LogP contribution in [0.4, 0.5) is 23.2 Å². The standard InChI is InChI=1S/C13H12F4N4O4S/c14-9-2-1-6(3-8(9)13(15,16)17)18-11(19-24)10-12(21-25-20-10)26-5-7(23)4-22/h1-3,7,22-24H,4-5H2,(H,18,19). The van der Waals surface area contributed by atoms with Gasteiger partial charge in [-0.25, -0.2) is 14.0 Å². The third kappa shape index (κ3) is 4.91. The van der Waals surface area contributed by atoms with Gasteiger partial charge in [-0.15, -0.1) is 0 Å². The third-order valence-electron chi connectivity index (χ3n) is 2.91. The Balaban J connectivity index is 2.33. The molecule has 0 spiro atoms. The quantitative estimate of drug-likeness (QED) is 0.191. The summed E-state index contributed by atoms with van der Waals surface area (Å²) in [5.41, 5.74) is -0.331. The molecule has 0 aliphatic heterocycles. The van der Waals surface area contributed by atoms with Crippen LogP contribution in [0.25, 0.3) is 0 Å². The van der Waals surface area contributed by atoms with Crippen LogP contribution < -0.4 is 5.48 Å². The number of nitrogens with zero attached hydrogens (tertiary/aromatic N) is 3. The summed E-state index contributed by atoms with van der Waals surface area (Å²) in [5, 5.41) is 34.3. The second-order valence-corrected chi connectivity index (χ2v) is 5.81. The Morgan fingerprint density at radius 3 is 2.69 bits per heavy atom. The Morgan fingerprint density at radius 1 is 1.35 bits per heavy atom. The molecule has 0 amide bonds. The zero-order valence-electron chi connectivity index (χ0n) is 12.7. The monoisotopic (exact) mass is 396 g/mol. The van der Waals surface area contributed by atoms with E-state index in [1.165, 1.54) is 0 Å². The first-order valence-electron chi connectivity index (χ1n) is 6.86. The highest BCUT2D eigenvalue weighted by molar-refractivity contribution is 7.99. The SMILES string of the molecule is OCC(O)CSc1nonc1C(=Nc1ccc(F)c(C(F)(F)F)c1)NO. The molecule has 2 aromatic rings. The number of amidine groups is 1. The molecule has 26 heavy (non-hydrogen) atoms. The lowest BCUT2D eigenvalue weighted by atomic mass is 10.2. The van der Waals surface area contributed by atoms with Gasteiger partial charge >= 0.3 is 6.18 Å². The minimum Gasteiger partial charge on any atom is -0.394 e. The molecule has 1 aromatic heterocycles. The van der Waals surface area contributed by atoms with Gasteiger partial charge in [0, 0.05) is 5.75 Å². The number of nitrogens with one attached hydrogen (secondary N) is 1. The van der Waals surface area contributed by atoms with Gasteiger partial charge in [-0.1, -0.05) is 11.8 Å². The molecule has 0 aliphatic rings. The van der Waals surface area contributed by atoms with Crippen LogP contribution in [-0.4, -0.2) is 50.0 Å². The zero-order chi connectivity index (χ0) is 19.3. The molecule has 0 aliphatic carbocycles. The van der Waals surface area contributed by atoms with Crippen molar-refractivity contribution in [1.82, 2.24) is 15.8 Å². The topological polar surface area (TPSA) is 124 Å². The predicted molar refractivity (Wildman–Crippen MR) is 80.6 cm³/mol. The number of rotatable bonds is 6. The summed E-state index contributed by atoms with van der Waals surface area (Å²) in [6.45, 7) is -0.497. The smallest absolute Gasteiger partial charge is 0.394 e. The maximum atomic E-state index is 13.3. The Labute approximate surface area is 147 Å². The number of benzene rings is 1. The van der Waals surface area contributed by atoms with E-state index in [1.54, 1.807) is 5.48 Å². The molecule has 0 fully saturated rings. The van der Waals surface area contributed by atoms with E-state index < -0.39 is 36.1 Å². The molecular weight excluding hydrogens is 384 g/mol. The average molecular weight is 396 g/mol. The summed E-state index contributed by atoms with van der Waals surface area (Å²) < 4.78 is 56.1. The number of aliphatic imine (C=N–C) groups is 1. The molecule has 8 nitrogen and oxygen atoms in total. The number of aliphatic hydroxyl groups is 2. The summed E-state index contributed by atoms with van der Waals surface area (Å²) in [7, 11) is 0. The molecule has 142 valence electrons. The first kappa shape index (κ1) is 20.1. The van der Waals surface area contributed by atoms with Gasteiger partial charge in [-0.2, -0.15) is 13.2 Å². The Bertz CT molecular complexity index is 784. The Kier molecular flexibility index (Phi) is 6.52.